The molecule has 0 saturated heterocycles. The molecule has 0 fully saturated rings. The highest BCUT2D eigenvalue weighted by atomic mass is 16.5. The number of carbonyl (C=O) groups is 1. The smallest absolute Gasteiger partial charge is 0.330 e. The van der Waals surface area contributed by atoms with Crippen LogP contribution in [0.2, 0.25) is 0 Å². The van der Waals surface area contributed by atoms with Crippen molar-refractivity contribution >= 4 is 5.97 Å². The van der Waals surface area contributed by atoms with E-state index in [0.717, 1.165) is 6.42 Å². The molecule has 5 nitrogen and oxygen atoms in total. The highest BCUT2D eigenvalue weighted by molar-refractivity contribution is 5.82. The van der Waals surface area contributed by atoms with E-state index in [2.05, 4.69) is 11.2 Å². The molecular formula is C16H19NO4. The lowest BCUT2D eigenvalue weighted by molar-refractivity contribution is -0.148. The summed E-state index contributed by atoms with van der Waals surface area (Å²) in [5.41, 5.74) is -0.319. The van der Waals surface area contributed by atoms with Crippen LogP contribution in [0.15, 0.2) is 18.2 Å². The molecule has 1 heterocycles. The molecule has 0 spiro atoms. The number of fused-ring (bicyclic) bond motifs is 1. The van der Waals surface area contributed by atoms with Crippen LogP contribution in [0.5, 0.6) is 11.5 Å². The summed E-state index contributed by atoms with van der Waals surface area (Å²) in [7, 11) is 1.35. The second-order valence-corrected chi connectivity index (χ2v) is 4.89. The van der Waals surface area contributed by atoms with Gasteiger partial charge in [-0.15, -0.1) is 6.42 Å². The molecule has 0 saturated carbocycles. The monoisotopic (exact) mass is 289 g/mol. The van der Waals surface area contributed by atoms with Gasteiger partial charge in [-0.05, 0) is 24.6 Å². The number of methoxy groups -OCH3 is 1. The molecule has 1 unspecified atom stereocenters. The highest BCUT2D eigenvalue weighted by Crippen LogP contribution is 2.34. The average Bonchev–Trinajstić information content (AvgIpc) is 2.76. The fourth-order valence-corrected chi connectivity index (χ4v) is 2.20. The third kappa shape index (κ3) is 3.11. The number of carbonyl (C=O) groups excluding carboxylic acids is 1. The Labute approximate surface area is 124 Å². The van der Waals surface area contributed by atoms with Crippen LogP contribution >= 0.6 is 0 Å². The van der Waals surface area contributed by atoms with E-state index in [-0.39, 0.29) is 6.54 Å². The fraction of sp³-hybridized carbons (Fsp3) is 0.438. The van der Waals surface area contributed by atoms with Gasteiger partial charge >= 0.3 is 5.97 Å². The largest absolute Gasteiger partial charge is 0.490 e. The van der Waals surface area contributed by atoms with Crippen LogP contribution in [0.4, 0.5) is 0 Å². The number of hydrogen-bond donors (Lipinski definition) is 1. The number of benzene rings is 1. The second kappa shape index (κ2) is 6.51. The van der Waals surface area contributed by atoms with Crippen LogP contribution in [-0.4, -0.2) is 32.8 Å². The van der Waals surface area contributed by atoms with Crippen LogP contribution in [0.1, 0.15) is 18.9 Å². The minimum absolute atomic E-state index is 0.250. The van der Waals surface area contributed by atoms with Crippen molar-refractivity contribution in [1.82, 2.24) is 5.32 Å². The lowest BCUT2D eigenvalue weighted by Crippen LogP contribution is -2.47. The first-order valence-electron chi connectivity index (χ1n) is 6.79. The fourth-order valence-electron chi connectivity index (χ4n) is 2.20. The Morgan fingerprint density at radius 1 is 1.43 bits per heavy atom. The van der Waals surface area contributed by atoms with Gasteiger partial charge in [0, 0.05) is 6.42 Å². The normalized spacial score (nSPS) is 16.2. The Balaban J connectivity index is 2.38. The van der Waals surface area contributed by atoms with Gasteiger partial charge in [0.05, 0.1) is 26.9 Å². The van der Waals surface area contributed by atoms with E-state index >= 15 is 0 Å². The van der Waals surface area contributed by atoms with Gasteiger partial charge in [-0.2, -0.15) is 0 Å². The number of ether oxygens (including phenoxy) is 3. The number of rotatable bonds is 4. The Morgan fingerprint density at radius 2 is 2.14 bits per heavy atom. The molecule has 0 radical (unpaired) electrons. The summed E-state index contributed by atoms with van der Waals surface area (Å²) in [4.78, 5) is 12.2. The molecule has 1 aromatic carbocycles. The van der Waals surface area contributed by atoms with Crippen molar-refractivity contribution in [2.24, 2.45) is 0 Å². The lowest BCUT2D eigenvalue weighted by Gasteiger charge is -2.28. The van der Waals surface area contributed by atoms with Gasteiger partial charge in [-0.3, -0.25) is 5.32 Å². The van der Waals surface area contributed by atoms with E-state index in [1.165, 1.54) is 7.11 Å². The zero-order valence-corrected chi connectivity index (χ0v) is 12.3. The molecule has 1 atom stereocenters. The highest BCUT2D eigenvalue weighted by Gasteiger charge is 2.36. The average molecular weight is 289 g/mol. The first-order chi connectivity index (χ1) is 10.1. The first-order valence-corrected chi connectivity index (χ1v) is 6.79. The Kier molecular flexibility index (Phi) is 4.71. The van der Waals surface area contributed by atoms with Crippen LogP contribution in [0, 0.1) is 12.3 Å². The van der Waals surface area contributed by atoms with E-state index in [0.29, 0.717) is 30.3 Å². The molecular weight excluding hydrogens is 270 g/mol. The SMILES string of the molecule is C#CCNC(C)(C(=O)OC)c1ccc2c(c1)OCCCO2. The minimum Gasteiger partial charge on any atom is -0.490 e. The van der Waals surface area contributed by atoms with E-state index in [9.17, 15) is 4.79 Å². The third-order valence-electron chi connectivity index (χ3n) is 3.46. The van der Waals surface area contributed by atoms with Crippen LogP contribution in [0.3, 0.4) is 0 Å². The van der Waals surface area contributed by atoms with Crippen LogP contribution in [0.25, 0.3) is 0 Å². The molecule has 2 rings (SSSR count). The number of terminal acetylenes is 1. The Hall–Kier alpha value is -2.19. The zero-order valence-electron chi connectivity index (χ0n) is 12.3. The molecule has 1 aromatic rings. The predicted molar refractivity (Wildman–Crippen MR) is 78.3 cm³/mol. The van der Waals surface area contributed by atoms with Crippen molar-refractivity contribution < 1.29 is 19.0 Å². The van der Waals surface area contributed by atoms with E-state index < -0.39 is 11.5 Å². The molecule has 5 heteroatoms. The van der Waals surface area contributed by atoms with Crippen LogP contribution < -0.4 is 14.8 Å². The zero-order chi connectivity index (χ0) is 15.3. The van der Waals surface area contributed by atoms with Crippen molar-refractivity contribution in [3.05, 3.63) is 23.8 Å². The lowest BCUT2D eigenvalue weighted by atomic mass is 9.91. The van der Waals surface area contributed by atoms with Gasteiger partial charge in [0.2, 0.25) is 0 Å². The van der Waals surface area contributed by atoms with Crippen molar-refractivity contribution in [3.8, 4) is 23.8 Å². The predicted octanol–water partition coefficient (Wildman–Crippen LogP) is 1.46. The van der Waals surface area contributed by atoms with Gasteiger partial charge in [0.15, 0.2) is 11.5 Å². The summed E-state index contributed by atoms with van der Waals surface area (Å²) in [6.07, 6.45) is 6.10. The molecule has 0 aromatic heterocycles. The third-order valence-corrected chi connectivity index (χ3v) is 3.46. The van der Waals surface area contributed by atoms with Gasteiger partial charge in [-0.1, -0.05) is 12.0 Å². The molecule has 0 aliphatic carbocycles. The molecule has 0 bridgehead atoms. The summed E-state index contributed by atoms with van der Waals surface area (Å²) >= 11 is 0. The Morgan fingerprint density at radius 3 is 2.81 bits per heavy atom. The Bertz CT molecular complexity index is 564. The molecule has 21 heavy (non-hydrogen) atoms. The van der Waals surface area contributed by atoms with E-state index in [1.54, 1.807) is 19.1 Å². The summed E-state index contributed by atoms with van der Waals surface area (Å²) in [6, 6.07) is 5.41. The minimum atomic E-state index is -1.04. The molecule has 1 N–H and O–H groups in total. The van der Waals surface area contributed by atoms with Gasteiger partial charge in [0.25, 0.3) is 0 Å². The maximum atomic E-state index is 12.2. The number of nitrogens with one attached hydrogen (secondary N) is 1. The van der Waals surface area contributed by atoms with Crippen molar-refractivity contribution in [2.45, 2.75) is 18.9 Å². The number of esters is 1. The second-order valence-electron chi connectivity index (χ2n) is 4.89. The van der Waals surface area contributed by atoms with E-state index in [1.807, 2.05) is 6.07 Å². The van der Waals surface area contributed by atoms with E-state index in [4.69, 9.17) is 20.6 Å². The summed E-state index contributed by atoms with van der Waals surface area (Å²) < 4.78 is 16.1. The maximum absolute atomic E-state index is 12.2. The van der Waals surface area contributed by atoms with Crippen LogP contribution in [-0.2, 0) is 15.1 Å². The maximum Gasteiger partial charge on any atom is 0.330 e. The molecule has 112 valence electrons. The topological polar surface area (TPSA) is 56.8 Å². The van der Waals surface area contributed by atoms with Gasteiger partial charge in [0.1, 0.15) is 5.54 Å². The molecule has 1 aliphatic heterocycles. The summed E-state index contributed by atoms with van der Waals surface area (Å²) in [5.74, 6) is 3.37. The quantitative estimate of drug-likeness (QED) is 0.672. The van der Waals surface area contributed by atoms with Crippen molar-refractivity contribution in [2.75, 3.05) is 26.9 Å². The van der Waals surface area contributed by atoms with Gasteiger partial charge < -0.3 is 14.2 Å². The molecule has 1 aliphatic rings. The van der Waals surface area contributed by atoms with Gasteiger partial charge in [-0.25, -0.2) is 4.79 Å². The first kappa shape index (κ1) is 15.2. The van der Waals surface area contributed by atoms with Crippen molar-refractivity contribution in [3.63, 3.8) is 0 Å². The number of hydrogen-bond acceptors (Lipinski definition) is 5. The summed E-state index contributed by atoms with van der Waals surface area (Å²) in [5, 5.41) is 3.03. The molecule has 0 amide bonds. The van der Waals surface area contributed by atoms with Crippen molar-refractivity contribution in [1.29, 1.82) is 0 Å². The standard InChI is InChI=1S/C16H19NO4/c1-4-8-17-16(2,15(18)19-3)12-6-7-13-14(11-12)21-10-5-9-20-13/h1,6-7,11,17H,5,8-10H2,2-3H3. The summed E-state index contributed by atoms with van der Waals surface area (Å²) in [6.45, 7) is 3.19.